The molecule has 0 saturated carbocycles. The van der Waals surface area contributed by atoms with Gasteiger partial charge in [0.15, 0.2) is 11.5 Å². The zero-order valence-electron chi connectivity index (χ0n) is 22.3. The molecular formula is C28H25N7O6. The number of nitro benzene ring substituents is 1. The molecule has 0 fully saturated rings. The number of hydrogen-bond donors (Lipinski definition) is 4. The van der Waals surface area contributed by atoms with Gasteiger partial charge in [-0.15, -0.1) is 0 Å². The molecule has 2 heterocycles. The second-order valence-corrected chi connectivity index (χ2v) is 9.10. The molecule has 4 N–H and O–H groups in total. The fourth-order valence-electron chi connectivity index (χ4n) is 4.08. The van der Waals surface area contributed by atoms with Crippen molar-refractivity contribution in [1.82, 2.24) is 9.97 Å². The Morgan fingerprint density at radius 1 is 0.902 bits per heavy atom. The maximum absolute atomic E-state index is 13.2. The molecule has 1 aliphatic heterocycles. The van der Waals surface area contributed by atoms with Crippen LogP contribution in [0.5, 0.6) is 11.5 Å². The number of aromatic nitrogens is 2. The van der Waals surface area contributed by atoms with E-state index in [0.717, 1.165) is 5.56 Å². The van der Waals surface area contributed by atoms with Gasteiger partial charge in [0.2, 0.25) is 12.7 Å². The summed E-state index contributed by atoms with van der Waals surface area (Å²) in [6.45, 7) is 3.58. The van der Waals surface area contributed by atoms with Crippen molar-refractivity contribution >= 4 is 46.3 Å². The normalized spacial score (nSPS) is 11.5. The van der Waals surface area contributed by atoms with E-state index in [-0.39, 0.29) is 35.7 Å². The van der Waals surface area contributed by atoms with Gasteiger partial charge in [0.25, 0.3) is 17.5 Å². The number of fused-ring (bicyclic) bond motifs is 1. The smallest absolute Gasteiger partial charge is 0.274 e. The first-order valence-electron chi connectivity index (χ1n) is 12.4. The number of carbonyl (C=O) groups excluding carboxylic acids is 2. The average Bonchev–Trinajstić information content (AvgIpc) is 3.43. The van der Waals surface area contributed by atoms with Gasteiger partial charge in [-0.1, -0.05) is 12.1 Å². The minimum absolute atomic E-state index is 0.0375. The number of nitrogens with zero attached hydrogens (tertiary/aromatic N) is 3. The van der Waals surface area contributed by atoms with Crippen LogP contribution in [0.4, 0.5) is 34.5 Å². The van der Waals surface area contributed by atoms with E-state index in [4.69, 9.17) is 9.47 Å². The Morgan fingerprint density at radius 2 is 1.66 bits per heavy atom. The van der Waals surface area contributed by atoms with Gasteiger partial charge in [-0.05, 0) is 55.8 Å². The summed E-state index contributed by atoms with van der Waals surface area (Å²) in [5.41, 5.74) is 3.20. The lowest BCUT2D eigenvalue weighted by Gasteiger charge is -2.14. The van der Waals surface area contributed by atoms with E-state index in [9.17, 15) is 19.7 Å². The minimum Gasteiger partial charge on any atom is -0.454 e. The molecule has 0 aliphatic carbocycles. The predicted octanol–water partition coefficient (Wildman–Crippen LogP) is 5.02. The molecule has 3 aromatic carbocycles. The van der Waals surface area contributed by atoms with Crippen LogP contribution in [0.25, 0.3) is 0 Å². The molecule has 41 heavy (non-hydrogen) atoms. The Kier molecular flexibility index (Phi) is 7.33. The number of aryl methyl sites for hydroxylation is 2. The molecule has 0 spiro atoms. The number of nitro groups is 1. The van der Waals surface area contributed by atoms with Crippen LogP contribution in [0, 0.1) is 24.0 Å². The highest BCUT2D eigenvalue weighted by Crippen LogP contribution is 2.33. The minimum atomic E-state index is -0.478. The van der Waals surface area contributed by atoms with Crippen LogP contribution in [-0.4, -0.2) is 40.5 Å². The summed E-state index contributed by atoms with van der Waals surface area (Å²) < 4.78 is 10.6. The summed E-state index contributed by atoms with van der Waals surface area (Å²) >= 11 is 0. The fraction of sp³-hybridized carbons (Fsp3) is 0.143. The summed E-state index contributed by atoms with van der Waals surface area (Å²) in [7, 11) is 1.61. The number of rotatable bonds is 8. The van der Waals surface area contributed by atoms with E-state index in [2.05, 4.69) is 31.2 Å². The Hall–Kier alpha value is -5.72. The number of benzene rings is 3. The maximum atomic E-state index is 13.2. The Balaban J connectivity index is 1.30. The third-order valence-electron chi connectivity index (χ3n) is 6.31. The van der Waals surface area contributed by atoms with Gasteiger partial charge in [0.1, 0.15) is 11.4 Å². The van der Waals surface area contributed by atoms with E-state index >= 15 is 0 Å². The number of amides is 2. The molecular weight excluding hydrogens is 530 g/mol. The molecule has 2 amide bonds. The lowest BCUT2D eigenvalue weighted by Crippen LogP contribution is -2.17. The molecule has 0 atom stereocenters. The molecule has 208 valence electrons. The third kappa shape index (κ3) is 5.83. The molecule has 4 aromatic rings. The number of hydrogen-bond acceptors (Lipinski definition) is 10. The van der Waals surface area contributed by atoms with Crippen LogP contribution in [-0.2, 0) is 0 Å². The second kappa shape index (κ2) is 11.2. The molecule has 0 saturated heterocycles. The van der Waals surface area contributed by atoms with Crippen molar-refractivity contribution < 1.29 is 24.0 Å². The monoisotopic (exact) mass is 555 g/mol. The summed E-state index contributed by atoms with van der Waals surface area (Å²) in [5, 5.41) is 22.7. The Labute approximate surface area is 234 Å². The predicted molar refractivity (Wildman–Crippen MR) is 152 cm³/mol. The summed E-state index contributed by atoms with van der Waals surface area (Å²) in [5.74, 6) is 0.639. The number of anilines is 5. The van der Waals surface area contributed by atoms with Gasteiger partial charge in [-0.25, -0.2) is 4.98 Å². The molecule has 0 unspecified atom stereocenters. The summed E-state index contributed by atoms with van der Waals surface area (Å²) in [4.78, 5) is 45.4. The molecule has 1 aliphatic rings. The first kappa shape index (κ1) is 26.9. The number of ether oxygens (including phenoxy) is 2. The number of nitrogens with one attached hydrogen (secondary N) is 4. The number of carbonyl (C=O) groups is 2. The molecule has 13 nitrogen and oxygen atoms in total. The van der Waals surface area contributed by atoms with Crippen LogP contribution >= 0.6 is 0 Å². The molecule has 0 radical (unpaired) electrons. The van der Waals surface area contributed by atoms with Crippen molar-refractivity contribution in [3.63, 3.8) is 0 Å². The lowest BCUT2D eigenvalue weighted by atomic mass is 10.1. The van der Waals surface area contributed by atoms with Gasteiger partial charge in [0, 0.05) is 47.5 Å². The lowest BCUT2D eigenvalue weighted by molar-refractivity contribution is -0.385. The van der Waals surface area contributed by atoms with E-state index in [1.54, 1.807) is 62.5 Å². The van der Waals surface area contributed by atoms with Crippen LogP contribution in [0.2, 0.25) is 0 Å². The van der Waals surface area contributed by atoms with Gasteiger partial charge < -0.3 is 30.7 Å². The average molecular weight is 556 g/mol. The first-order valence-corrected chi connectivity index (χ1v) is 12.4. The summed E-state index contributed by atoms with van der Waals surface area (Å²) in [6.07, 6.45) is 1.35. The zero-order valence-corrected chi connectivity index (χ0v) is 22.3. The standard InChI is InChI=1S/C28H25N7O6/c1-15-4-7-18(31-26(36)17-6-9-23-24(10-17)41-14-40-23)11-21(15)33-27(37)20-13-30-28(34-25(20)29-3)32-19-8-5-16(2)22(12-19)35(38)39/h4-13H,14H2,1-3H3,(H,31,36)(H,33,37)(H2,29,30,32,34). The van der Waals surface area contributed by atoms with E-state index < -0.39 is 10.8 Å². The Morgan fingerprint density at radius 3 is 2.44 bits per heavy atom. The van der Waals surface area contributed by atoms with Crippen molar-refractivity contribution in [1.29, 1.82) is 0 Å². The Bertz CT molecular complexity index is 1690. The van der Waals surface area contributed by atoms with Gasteiger partial charge in [0.05, 0.1) is 4.92 Å². The van der Waals surface area contributed by atoms with Crippen molar-refractivity contribution in [2.75, 3.05) is 35.1 Å². The zero-order chi connectivity index (χ0) is 29.1. The topological polar surface area (TPSA) is 170 Å². The quantitative estimate of drug-likeness (QED) is 0.171. The molecule has 1 aromatic heterocycles. The van der Waals surface area contributed by atoms with Crippen molar-refractivity contribution in [2.24, 2.45) is 0 Å². The van der Waals surface area contributed by atoms with Crippen LogP contribution < -0.4 is 30.7 Å². The highest BCUT2D eigenvalue weighted by molar-refractivity contribution is 6.09. The van der Waals surface area contributed by atoms with Crippen molar-refractivity contribution in [2.45, 2.75) is 13.8 Å². The van der Waals surface area contributed by atoms with Crippen molar-refractivity contribution in [3.8, 4) is 11.5 Å². The SMILES string of the molecule is CNc1nc(Nc2ccc(C)c([N+](=O)[O-])c2)ncc1C(=O)Nc1cc(NC(=O)c2ccc3c(c2)OCO3)ccc1C. The largest absolute Gasteiger partial charge is 0.454 e. The van der Waals surface area contributed by atoms with E-state index in [1.807, 2.05) is 6.92 Å². The molecule has 0 bridgehead atoms. The third-order valence-corrected chi connectivity index (χ3v) is 6.31. The molecule has 13 heteroatoms. The van der Waals surface area contributed by atoms with Gasteiger partial charge in [-0.3, -0.25) is 19.7 Å². The summed E-state index contributed by atoms with van der Waals surface area (Å²) in [6, 6.07) is 14.7. The van der Waals surface area contributed by atoms with E-state index in [0.29, 0.717) is 39.7 Å². The highest BCUT2D eigenvalue weighted by atomic mass is 16.7. The van der Waals surface area contributed by atoms with E-state index in [1.165, 1.54) is 12.3 Å². The van der Waals surface area contributed by atoms with Crippen LogP contribution in [0.1, 0.15) is 31.8 Å². The maximum Gasteiger partial charge on any atom is 0.274 e. The molecule has 5 rings (SSSR count). The second-order valence-electron chi connectivity index (χ2n) is 9.10. The van der Waals surface area contributed by atoms with Crippen molar-refractivity contribution in [3.05, 3.63) is 93.2 Å². The fourth-order valence-corrected chi connectivity index (χ4v) is 4.08. The van der Waals surface area contributed by atoms with Gasteiger partial charge in [-0.2, -0.15) is 4.98 Å². The van der Waals surface area contributed by atoms with Crippen LogP contribution in [0.15, 0.2) is 60.8 Å². The van der Waals surface area contributed by atoms with Gasteiger partial charge >= 0.3 is 0 Å². The van der Waals surface area contributed by atoms with Crippen LogP contribution in [0.3, 0.4) is 0 Å². The highest BCUT2D eigenvalue weighted by Gasteiger charge is 2.19. The first-order chi connectivity index (χ1) is 19.7.